The number of rotatable bonds is 6. The number of nitrogens with zero attached hydrogens (tertiary/aromatic N) is 3. The molecule has 4 nitrogen and oxygen atoms in total. The predicted octanol–water partition coefficient (Wildman–Crippen LogP) is 5.14. The second-order valence-electron chi connectivity index (χ2n) is 8.27. The average Bonchev–Trinajstić information content (AvgIpc) is 2.70. The molecule has 1 heterocycles. The summed E-state index contributed by atoms with van der Waals surface area (Å²) in [5, 5.41) is 4.54. The molecule has 1 aromatic heterocycles. The summed E-state index contributed by atoms with van der Waals surface area (Å²) in [5.41, 5.74) is 3.66. The van der Waals surface area contributed by atoms with Crippen molar-refractivity contribution < 1.29 is 0 Å². The molecule has 0 atom stereocenters. The molecule has 3 rings (SSSR count). The Morgan fingerprint density at radius 1 is 0.966 bits per heavy atom. The molecule has 0 aliphatic heterocycles. The van der Waals surface area contributed by atoms with E-state index >= 15 is 0 Å². The van der Waals surface area contributed by atoms with Crippen LogP contribution in [0, 0.1) is 0 Å². The highest BCUT2D eigenvalue weighted by atomic mass is 32.1. The SMILES string of the molecule is CN(C)c1ccc(CN(Cc2cccnc2)C(=S)NC2CCCCCCC2)cc1. The summed E-state index contributed by atoms with van der Waals surface area (Å²) in [7, 11) is 4.13. The minimum atomic E-state index is 0.496. The van der Waals surface area contributed by atoms with E-state index in [1.54, 1.807) is 0 Å². The van der Waals surface area contributed by atoms with E-state index < -0.39 is 0 Å². The second kappa shape index (κ2) is 11.1. The first-order valence-corrected chi connectivity index (χ1v) is 11.2. The standard InChI is InChI=1S/C24H34N4S/c1-27(2)23-14-12-20(13-15-23)18-28(19-21-9-8-16-25-17-21)24(29)26-22-10-6-4-3-5-7-11-22/h8-9,12-17,22H,3-7,10-11,18-19H2,1-2H3,(H,26,29). The number of anilines is 1. The van der Waals surface area contributed by atoms with Gasteiger partial charge in [-0.3, -0.25) is 4.98 Å². The van der Waals surface area contributed by atoms with E-state index in [2.05, 4.69) is 64.5 Å². The van der Waals surface area contributed by atoms with Crippen LogP contribution in [0.3, 0.4) is 0 Å². The maximum absolute atomic E-state index is 5.89. The molecule has 1 aromatic carbocycles. The Balaban J connectivity index is 1.70. The maximum Gasteiger partial charge on any atom is 0.169 e. The van der Waals surface area contributed by atoms with Gasteiger partial charge in [0.2, 0.25) is 0 Å². The molecule has 0 bridgehead atoms. The first-order chi connectivity index (χ1) is 14.1. The first kappa shape index (κ1) is 21.6. The van der Waals surface area contributed by atoms with Crippen molar-refractivity contribution in [2.24, 2.45) is 0 Å². The second-order valence-corrected chi connectivity index (χ2v) is 8.66. The monoisotopic (exact) mass is 410 g/mol. The summed E-state index contributed by atoms with van der Waals surface area (Å²) in [4.78, 5) is 8.67. The number of pyridine rings is 1. The Morgan fingerprint density at radius 3 is 2.24 bits per heavy atom. The van der Waals surface area contributed by atoms with Crippen LogP contribution in [0.15, 0.2) is 48.8 Å². The van der Waals surface area contributed by atoms with Crippen molar-refractivity contribution in [3.63, 3.8) is 0 Å². The number of nitrogens with one attached hydrogen (secondary N) is 1. The van der Waals surface area contributed by atoms with Crippen LogP contribution in [0.25, 0.3) is 0 Å². The van der Waals surface area contributed by atoms with Crippen molar-refractivity contribution in [1.82, 2.24) is 15.2 Å². The summed E-state index contributed by atoms with van der Waals surface area (Å²) in [6, 6.07) is 13.3. The van der Waals surface area contributed by atoms with Gasteiger partial charge in [0, 0.05) is 51.3 Å². The van der Waals surface area contributed by atoms with Crippen LogP contribution in [0.1, 0.15) is 56.1 Å². The van der Waals surface area contributed by atoms with Gasteiger partial charge in [0.15, 0.2) is 5.11 Å². The lowest BCUT2D eigenvalue weighted by atomic mass is 9.97. The summed E-state index contributed by atoms with van der Waals surface area (Å²) in [6.45, 7) is 1.56. The lowest BCUT2D eigenvalue weighted by Crippen LogP contribution is -2.44. The molecule has 1 N–H and O–H groups in total. The van der Waals surface area contributed by atoms with Crippen molar-refractivity contribution in [1.29, 1.82) is 0 Å². The molecule has 0 radical (unpaired) electrons. The molecule has 29 heavy (non-hydrogen) atoms. The molecule has 1 saturated carbocycles. The summed E-state index contributed by atoms with van der Waals surface area (Å²) >= 11 is 5.89. The molecule has 0 unspecified atom stereocenters. The normalized spacial score (nSPS) is 15.2. The van der Waals surface area contributed by atoms with E-state index in [0.717, 1.165) is 18.2 Å². The highest BCUT2D eigenvalue weighted by molar-refractivity contribution is 7.80. The number of hydrogen-bond acceptors (Lipinski definition) is 3. The van der Waals surface area contributed by atoms with Crippen LogP contribution in [-0.2, 0) is 13.1 Å². The molecule has 0 amide bonds. The van der Waals surface area contributed by atoms with E-state index in [-0.39, 0.29) is 0 Å². The van der Waals surface area contributed by atoms with Gasteiger partial charge in [-0.25, -0.2) is 0 Å². The zero-order valence-corrected chi connectivity index (χ0v) is 18.6. The Labute approximate surface area is 181 Å². The molecule has 2 aromatic rings. The molecule has 0 spiro atoms. The fourth-order valence-electron chi connectivity index (χ4n) is 3.90. The molecule has 1 aliphatic carbocycles. The highest BCUT2D eigenvalue weighted by Gasteiger charge is 2.17. The zero-order valence-electron chi connectivity index (χ0n) is 17.8. The minimum Gasteiger partial charge on any atom is -0.378 e. The summed E-state index contributed by atoms with van der Waals surface area (Å²) < 4.78 is 0. The number of thiocarbonyl (C=S) groups is 1. The molecular formula is C24H34N4S. The maximum atomic E-state index is 5.89. The quantitative estimate of drug-likeness (QED) is 0.667. The van der Waals surface area contributed by atoms with E-state index in [1.807, 2.05) is 18.5 Å². The lowest BCUT2D eigenvalue weighted by molar-refractivity contribution is 0.370. The highest BCUT2D eigenvalue weighted by Crippen LogP contribution is 2.19. The van der Waals surface area contributed by atoms with Crippen molar-refractivity contribution >= 4 is 23.0 Å². The fourth-order valence-corrected chi connectivity index (χ4v) is 4.19. The van der Waals surface area contributed by atoms with Crippen molar-refractivity contribution in [3.8, 4) is 0 Å². The van der Waals surface area contributed by atoms with Gasteiger partial charge in [-0.2, -0.15) is 0 Å². The fraction of sp³-hybridized carbons (Fsp3) is 0.500. The summed E-state index contributed by atoms with van der Waals surface area (Å²) in [6.07, 6.45) is 12.9. The van der Waals surface area contributed by atoms with Gasteiger partial charge in [0.25, 0.3) is 0 Å². The van der Waals surface area contributed by atoms with Crippen LogP contribution in [0.4, 0.5) is 5.69 Å². The largest absolute Gasteiger partial charge is 0.378 e. The van der Waals surface area contributed by atoms with Gasteiger partial charge in [-0.1, -0.05) is 50.3 Å². The van der Waals surface area contributed by atoms with Crippen molar-refractivity contribution in [3.05, 3.63) is 59.9 Å². The Kier molecular flexibility index (Phi) is 8.29. The van der Waals surface area contributed by atoms with Crippen LogP contribution in [0.2, 0.25) is 0 Å². The third-order valence-electron chi connectivity index (χ3n) is 5.64. The van der Waals surface area contributed by atoms with Crippen LogP contribution in [-0.4, -0.2) is 35.1 Å². The van der Waals surface area contributed by atoms with Gasteiger partial charge in [-0.05, 0) is 54.4 Å². The number of hydrogen-bond donors (Lipinski definition) is 1. The van der Waals surface area contributed by atoms with Gasteiger partial charge < -0.3 is 15.1 Å². The van der Waals surface area contributed by atoms with Crippen molar-refractivity contribution in [2.75, 3.05) is 19.0 Å². The molecule has 5 heteroatoms. The van der Waals surface area contributed by atoms with Gasteiger partial charge >= 0.3 is 0 Å². The van der Waals surface area contributed by atoms with Crippen molar-refractivity contribution in [2.45, 2.75) is 64.1 Å². The number of aromatic nitrogens is 1. The molecule has 1 fully saturated rings. The van der Waals surface area contributed by atoms with Crippen LogP contribution >= 0.6 is 12.2 Å². The third kappa shape index (κ3) is 7.00. The van der Waals surface area contributed by atoms with E-state index in [1.165, 1.54) is 61.8 Å². The van der Waals surface area contributed by atoms with Gasteiger partial charge in [0.1, 0.15) is 0 Å². The van der Waals surface area contributed by atoms with E-state index in [4.69, 9.17) is 12.2 Å². The predicted molar refractivity (Wildman–Crippen MR) is 126 cm³/mol. The smallest absolute Gasteiger partial charge is 0.169 e. The molecule has 0 saturated heterocycles. The topological polar surface area (TPSA) is 31.4 Å². The Morgan fingerprint density at radius 2 is 1.62 bits per heavy atom. The number of benzene rings is 1. The van der Waals surface area contributed by atoms with Crippen LogP contribution in [0.5, 0.6) is 0 Å². The minimum absolute atomic E-state index is 0.496. The average molecular weight is 411 g/mol. The Hall–Kier alpha value is -2.14. The zero-order chi connectivity index (χ0) is 20.5. The van der Waals surface area contributed by atoms with E-state index in [9.17, 15) is 0 Å². The lowest BCUT2D eigenvalue weighted by Gasteiger charge is -2.30. The first-order valence-electron chi connectivity index (χ1n) is 10.8. The Bertz CT molecular complexity index is 737. The van der Waals surface area contributed by atoms with E-state index in [0.29, 0.717) is 6.04 Å². The third-order valence-corrected chi connectivity index (χ3v) is 6.02. The molecular weight excluding hydrogens is 376 g/mol. The molecule has 156 valence electrons. The van der Waals surface area contributed by atoms with Crippen LogP contribution < -0.4 is 10.2 Å². The molecule has 1 aliphatic rings. The van der Waals surface area contributed by atoms with Gasteiger partial charge in [-0.15, -0.1) is 0 Å². The summed E-state index contributed by atoms with van der Waals surface area (Å²) in [5.74, 6) is 0. The van der Waals surface area contributed by atoms with Gasteiger partial charge in [0.05, 0.1) is 0 Å².